The maximum atomic E-state index is 11.6. The molecule has 3 aromatic carbocycles. The van der Waals surface area contributed by atoms with Gasteiger partial charge in [0.05, 0.1) is 5.56 Å². The van der Waals surface area contributed by atoms with Crippen molar-refractivity contribution in [2.24, 2.45) is 11.8 Å². The van der Waals surface area contributed by atoms with Crippen molar-refractivity contribution >= 4 is 47.3 Å². The Morgan fingerprint density at radius 3 is 1.30 bits per heavy atom. The summed E-state index contributed by atoms with van der Waals surface area (Å²) >= 11 is 0. The lowest BCUT2D eigenvalue weighted by Crippen LogP contribution is -2.41. The van der Waals surface area contributed by atoms with Gasteiger partial charge in [0.15, 0.2) is 0 Å². The van der Waals surface area contributed by atoms with Crippen LogP contribution in [0.15, 0.2) is 122 Å². The molecule has 1 aliphatic heterocycles. The molecule has 19 heteroatoms. The quantitative estimate of drug-likeness (QED) is 0.0323. The standard InChI is InChI=1S/3C13H19NO.C10H20N2O.C10H19NO.2C9H12N2O.C6H13NO/c1-10(2)14-13(15)9-8-12-6-4-11(3)5-7-12;1-10(2)14-13(15)8-7-12-6-4-5-11(3)9-12;1-10(2)14-13(15)9-8-12-7-5-4-6-11(12)3;1-8(2)11-10(13)9-4-6-12(3)7-5-9;1-8(2)11-10(12)9-6-4-3-5-7-9;1-7(2)11-9(12)8-4-3-5-10-6-8;1-7(2)11-9(12)8-5-3-4-6-10-8;1-4-6(8)7-5(2)3/h4-7,10H,8-9H2,1-3H3,(H,14,15);4-6,9-10H,7-8H2,1-3H3,(H,14,15);4-7,10H,8-9H2,1-3H3,(H,14,15);8-9H,4-7H2,1-3H3,(H,11,13);8-9H,3-7H2,1-2H3,(H,11,12);2*3-7H,1-2H3,(H,11,12);5H,4H2,1-3H3,(H,7,8). The number of benzene rings is 3. The van der Waals surface area contributed by atoms with Crippen LogP contribution in [-0.4, -0.2) is 131 Å². The van der Waals surface area contributed by atoms with Gasteiger partial charge in [0, 0.05) is 104 Å². The fraction of sp³-hybridized carbons (Fsp3) is 0.566. The summed E-state index contributed by atoms with van der Waals surface area (Å²) in [4.78, 5) is 100. The molecule has 1 saturated carbocycles. The predicted octanol–water partition coefficient (Wildman–Crippen LogP) is 13.7. The molecule has 0 unspecified atom stereocenters. The lowest BCUT2D eigenvalue weighted by Gasteiger charge is -2.28. The number of nitrogens with zero attached hydrogens (tertiary/aromatic N) is 3. The van der Waals surface area contributed by atoms with Crippen LogP contribution in [0.4, 0.5) is 0 Å². The highest BCUT2D eigenvalue weighted by Crippen LogP contribution is 2.24. The first-order chi connectivity index (χ1) is 48.1. The number of carbonyl (C=O) groups is 8. The van der Waals surface area contributed by atoms with Crippen molar-refractivity contribution in [3.63, 3.8) is 0 Å². The molecule has 8 N–H and O–H groups in total. The maximum absolute atomic E-state index is 11.6. The van der Waals surface area contributed by atoms with Crippen molar-refractivity contribution in [1.29, 1.82) is 0 Å². The van der Waals surface area contributed by atoms with Crippen LogP contribution in [0.3, 0.4) is 0 Å². The van der Waals surface area contributed by atoms with Gasteiger partial charge in [-0.3, -0.25) is 48.3 Å². The normalized spacial score (nSPS) is 12.6. The molecule has 0 bridgehead atoms. The smallest absolute Gasteiger partial charge is 0.270 e. The van der Waals surface area contributed by atoms with E-state index < -0.39 is 0 Å². The second-order valence-electron chi connectivity index (χ2n) is 28.6. The fourth-order valence-electron chi connectivity index (χ4n) is 10.00. The summed E-state index contributed by atoms with van der Waals surface area (Å²) in [6.45, 7) is 41.7. The minimum absolute atomic E-state index is 0.0712. The van der Waals surface area contributed by atoms with Gasteiger partial charge >= 0.3 is 0 Å². The van der Waals surface area contributed by atoms with E-state index in [0.29, 0.717) is 48.9 Å². The zero-order chi connectivity index (χ0) is 77.1. The SMILES string of the molecule is CC(C)NC(=O)C1CCCCC1.CC(C)NC(=O)C1CCN(C)CC1.CC(C)NC(=O)c1ccccn1.CC(C)NC(=O)c1cccnc1.CCC(=O)NC(C)C.Cc1ccc(CCC(=O)NC(C)C)cc1.Cc1cccc(CCC(=O)NC(C)C)c1.Cc1ccccc1CCC(=O)NC(C)C. The van der Waals surface area contributed by atoms with Gasteiger partial charge in [-0.2, -0.15) is 0 Å². The van der Waals surface area contributed by atoms with Crippen molar-refractivity contribution < 1.29 is 38.4 Å². The average molecular weight is 1410 g/mol. The summed E-state index contributed by atoms with van der Waals surface area (Å²) in [6.07, 6.45) is 17.5. The van der Waals surface area contributed by atoms with Gasteiger partial charge in [-0.1, -0.05) is 116 Å². The maximum Gasteiger partial charge on any atom is 0.270 e. The Morgan fingerprint density at radius 2 is 0.873 bits per heavy atom. The minimum atomic E-state index is -0.120. The molecular weight excluding hydrogens is 1280 g/mol. The first-order valence-electron chi connectivity index (χ1n) is 37.2. The Hall–Kier alpha value is -8.32. The molecule has 0 radical (unpaired) electrons. The van der Waals surface area contributed by atoms with Crippen LogP contribution < -0.4 is 42.5 Å². The molecule has 102 heavy (non-hydrogen) atoms. The van der Waals surface area contributed by atoms with Gasteiger partial charge in [-0.25, -0.2) is 0 Å². The van der Waals surface area contributed by atoms with Gasteiger partial charge in [0.2, 0.25) is 35.4 Å². The van der Waals surface area contributed by atoms with Crippen LogP contribution in [0.5, 0.6) is 0 Å². The summed E-state index contributed by atoms with van der Waals surface area (Å²) in [5, 5.41) is 22.9. The number of pyridine rings is 2. The average Bonchev–Trinajstić information content (AvgIpc) is 1.03. The number of piperidine rings is 1. The van der Waals surface area contributed by atoms with Crippen molar-refractivity contribution in [1.82, 2.24) is 57.4 Å². The summed E-state index contributed by atoms with van der Waals surface area (Å²) in [6, 6.07) is 35.4. The second kappa shape index (κ2) is 55.3. The van der Waals surface area contributed by atoms with E-state index in [2.05, 4.69) is 140 Å². The molecule has 2 aliphatic rings. The lowest BCUT2D eigenvalue weighted by atomic mass is 9.88. The number of amides is 8. The first-order valence-corrected chi connectivity index (χ1v) is 37.2. The van der Waals surface area contributed by atoms with Crippen molar-refractivity contribution in [2.75, 3.05) is 20.1 Å². The van der Waals surface area contributed by atoms with Crippen molar-refractivity contribution in [3.05, 3.63) is 166 Å². The van der Waals surface area contributed by atoms with Gasteiger partial charge in [-0.15, -0.1) is 0 Å². The van der Waals surface area contributed by atoms with Crippen LogP contribution >= 0.6 is 0 Å². The molecule has 5 aromatic rings. The minimum Gasteiger partial charge on any atom is -0.354 e. The van der Waals surface area contributed by atoms with Crippen LogP contribution in [0.25, 0.3) is 0 Å². The van der Waals surface area contributed by atoms with Gasteiger partial charge in [-0.05, 0) is 243 Å². The molecule has 2 fully saturated rings. The summed E-state index contributed by atoms with van der Waals surface area (Å²) in [5.41, 5.74) is 8.54. The highest BCUT2D eigenvalue weighted by molar-refractivity contribution is 5.94. The highest BCUT2D eigenvalue weighted by Gasteiger charge is 2.24. The molecule has 3 heterocycles. The first kappa shape index (κ1) is 93.7. The number of hydrogen-bond acceptors (Lipinski definition) is 11. The number of hydrogen-bond donors (Lipinski definition) is 8. The van der Waals surface area contributed by atoms with Gasteiger partial charge < -0.3 is 47.4 Å². The molecular formula is C83H133N11O8. The Balaban J connectivity index is 0.00000115. The third-order valence-corrected chi connectivity index (χ3v) is 15.1. The van der Waals surface area contributed by atoms with E-state index in [9.17, 15) is 38.4 Å². The van der Waals surface area contributed by atoms with Crippen LogP contribution in [-0.2, 0) is 48.0 Å². The monoisotopic (exact) mass is 1410 g/mol. The highest BCUT2D eigenvalue weighted by atomic mass is 16.2. The second-order valence-corrected chi connectivity index (χ2v) is 28.6. The largest absolute Gasteiger partial charge is 0.354 e. The van der Waals surface area contributed by atoms with E-state index in [1.807, 2.05) is 136 Å². The third-order valence-electron chi connectivity index (χ3n) is 15.1. The van der Waals surface area contributed by atoms with E-state index >= 15 is 0 Å². The van der Waals surface area contributed by atoms with Gasteiger partial charge in [0.1, 0.15) is 5.69 Å². The Kier molecular flexibility index (Phi) is 50.8. The Labute approximate surface area is 615 Å². The Morgan fingerprint density at radius 1 is 0.422 bits per heavy atom. The molecule has 19 nitrogen and oxygen atoms in total. The molecule has 0 atom stereocenters. The van der Waals surface area contributed by atoms with E-state index in [0.717, 1.165) is 58.0 Å². The van der Waals surface area contributed by atoms with Gasteiger partial charge in [0.25, 0.3) is 11.8 Å². The number of aryl methyl sites for hydroxylation is 6. The topological polar surface area (TPSA) is 262 Å². The fourth-order valence-corrected chi connectivity index (χ4v) is 10.00. The molecule has 1 saturated heterocycles. The number of nitrogens with one attached hydrogen (secondary N) is 8. The molecule has 1 aliphatic carbocycles. The van der Waals surface area contributed by atoms with Crippen LogP contribution in [0.2, 0.25) is 0 Å². The van der Waals surface area contributed by atoms with Crippen molar-refractivity contribution in [3.8, 4) is 0 Å². The number of likely N-dealkylation sites (tertiary alicyclic amines) is 1. The molecule has 7 rings (SSSR count). The zero-order valence-electron chi connectivity index (χ0n) is 66.2. The molecule has 8 amide bonds. The predicted molar refractivity (Wildman–Crippen MR) is 419 cm³/mol. The summed E-state index contributed by atoms with van der Waals surface area (Å²) in [5.74, 6) is 1.39. The summed E-state index contributed by atoms with van der Waals surface area (Å²) < 4.78 is 0. The third kappa shape index (κ3) is 50.9. The zero-order valence-corrected chi connectivity index (χ0v) is 66.2. The van der Waals surface area contributed by atoms with Crippen molar-refractivity contribution in [2.45, 2.75) is 277 Å². The molecule has 0 spiro atoms. The lowest BCUT2D eigenvalue weighted by molar-refractivity contribution is -0.127. The van der Waals surface area contributed by atoms with Crippen LogP contribution in [0.1, 0.15) is 243 Å². The number of carbonyl (C=O) groups excluding carboxylic acids is 8. The number of rotatable bonds is 22. The molecule has 2 aromatic heterocycles. The van der Waals surface area contributed by atoms with E-state index in [-0.39, 0.29) is 95.5 Å². The summed E-state index contributed by atoms with van der Waals surface area (Å²) in [7, 11) is 2.11. The van der Waals surface area contributed by atoms with E-state index in [1.165, 1.54) is 52.6 Å². The Bertz CT molecular complexity index is 3050. The van der Waals surface area contributed by atoms with E-state index in [4.69, 9.17) is 0 Å². The molecule has 568 valence electrons. The number of aromatic nitrogens is 2. The van der Waals surface area contributed by atoms with E-state index in [1.54, 1.807) is 48.9 Å². The van der Waals surface area contributed by atoms with Crippen LogP contribution in [0, 0.1) is 32.6 Å².